The number of thioether (sulfide) groups is 1. The van der Waals surface area contributed by atoms with Crippen LogP contribution in [0.2, 0.25) is 0 Å². The van der Waals surface area contributed by atoms with Crippen LogP contribution < -0.4 is 14.5 Å². The Kier molecular flexibility index (Phi) is 6.93. The van der Waals surface area contributed by atoms with Crippen LogP contribution in [-0.4, -0.2) is 50.9 Å². The van der Waals surface area contributed by atoms with Crippen LogP contribution in [0.1, 0.15) is 17.3 Å². The first kappa shape index (κ1) is 20.6. The van der Waals surface area contributed by atoms with E-state index in [-0.39, 0.29) is 5.91 Å². The molecule has 0 aliphatic rings. The van der Waals surface area contributed by atoms with Crippen LogP contribution in [-0.2, 0) is 0 Å². The summed E-state index contributed by atoms with van der Waals surface area (Å²) >= 11 is 3.19. The second-order valence-electron chi connectivity index (χ2n) is 6.67. The van der Waals surface area contributed by atoms with Gasteiger partial charge in [-0.05, 0) is 49.6 Å². The third-order valence-electron chi connectivity index (χ3n) is 4.32. The van der Waals surface area contributed by atoms with Gasteiger partial charge in [0.15, 0.2) is 5.13 Å². The van der Waals surface area contributed by atoms with Gasteiger partial charge in [0, 0.05) is 10.5 Å². The molecule has 0 spiro atoms. The number of likely N-dealkylation sites (N-methyl/N-ethyl adjacent to an activating group) is 1. The van der Waals surface area contributed by atoms with Crippen molar-refractivity contribution >= 4 is 44.4 Å². The van der Waals surface area contributed by atoms with Crippen molar-refractivity contribution in [2.75, 3.05) is 44.9 Å². The lowest BCUT2D eigenvalue weighted by molar-refractivity contribution is -0.856. The first-order valence-corrected chi connectivity index (χ1v) is 11.3. The number of hydrogen-bond acceptors (Lipinski definition) is 5. The topological polar surface area (TPSA) is 46.9 Å². The zero-order valence-corrected chi connectivity index (χ0v) is 18.3. The summed E-state index contributed by atoms with van der Waals surface area (Å²) in [5.41, 5.74) is 1.49. The van der Waals surface area contributed by atoms with E-state index in [0.29, 0.717) is 23.8 Å². The number of amides is 1. The summed E-state index contributed by atoms with van der Waals surface area (Å²) in [4.78, 5) is 22.3. The second kappa shape index (κ2) is 9.41. The first-order valence-electron chi connectivity index (χ1n) is 9.30. The van der Waals surface area contributed by atoms with Gasteiger partial charge in [-0.3, -0.25) is 9.69 Å². The number of benzene rings is 2. The van der Waals surface area contributed by atoms with Crippen LogP contribution in [0.3, 0.4) is 0 Å². The van der Waals surface area contributed by atoms with Gasteiger partial charge in [0.2, 0.25) is 0 Å². The van der Waals surface area contributed by atoms with Crippen molar-refractivity contribution in [1.29, 1.82) is 0 Å². The van der Waals surface area contributed by atoms with E-state index in [4.69, 9.17) is 9.72 Å². The molecular formula is C21H26N3O2S2+. The van der Waals surface area contributed by atoms with E-state index in [1.165, 1.54) is 16.2 Å². The number of aromatic nitrogens is 1. The van der Waals surface area contributed by atoms with Crippen LogP contribution in [0, 0.1) is 0 Å². The van der Waals surface area contributed by atoms with Gasteiger partial charge in [-0.25, -0.2) is 4.98 Å². The zero-order valence-electron chi connectivity index (χ0n) is 16.7. The summed E-state index contributed by atoms with van der Waals surface area (Å²) < 4.78 is 6.74. The molecule has 3 aromatic rings. The van der Waals surface area contributed by atoms with Gasteiger partial charge in [-0.1, -0.05) is 17.4 Å². The van der Waals surface area contributed by atoms with Crippen molar-refractivity contribution in [2.45, 2.75) is 11.8 Å². The molecule has 5 nitrogen and oxygen atoms in total. The Morgan fingerprint density at radius 2 is 1.96 bits per heavy atom. The van der Waals surface area contributed by atoms with Gasteiger partial charge in [0.1, 0.15) is 11.3 Å². The first-order chi connectivity index (χ1) is 13.5. The number of nitrogens with one attached hydrogen (secondary N) is 1. The van der Waals surface area contributed by atoms with Crippen molar-refractivity contribution in [3.63, 3.8) is 0 Å². The molecule has 1 N–H and O–H groups in total. The molecule has 1 aromatic heterocycles. The number of nitrogens with zero attached hydrogens (tertiary/aromatic N) is 2. The molecule has 148 valence electrons. The molecular weight excluding hydrogens is 390 g/mol. The number of quaternary nitrogens is 1. The van der Waals surface area contributed by atoms with E-state index in [1.54, 1.807) is 16.7 Å². The number of anilines is 1. The van der Waals surface area contributed by atoms with Crippen LogP contribution in [0.15, 0.2) is 47.4 Å². The fraction of sp³-hybridized carbons (Fsp3) is 0.333. The Morgan fingerprint density at radius 1 is 1.21 bits per heavy atom. The molecule has 2 aromatic carbocycles. The zero-order chi connectivity index (χ0) is 20.1. The van der Waals surface area contributed by atoms with Crippen molar-refractivity contribution in [1.82, 2.24) is 4.98 Å². The molecule has 0 aliphatic heterocycles. The maximum Gasteiger partial charge on any atom is 0.260 e. The fourth-order valence-corrected chi connectivity index (χ4v) is 4.22. The van der Waals surface area contributed by atoms with Gasteiger partial charge in [-0.15, -0.1) is 11.8 Å². The maximum atomic E-state index is 13.3. The Bertz CT molecular complexity index is 938. The van der Waals surface area contributed by atoms with Gasteiger partial charge < -0.3 is 9.64 Å². The molecule has 1 amide bonds. The molecule has 0 atom stereocenters. The van der Waals surface area contributed by atoms with E-state index >= 15 is 0 Å². The average Bonchev–Trinajstić information content (AvgIpc) is 3.13. The van der Waals surface area contributed by atoms with Crippen molar-refractivity contribution in [2.24, 2.45) is 0 Å². The summed E-state index contributed by atoms with van der Waals surface area (Å²) in [6.45, 7) is 3.98. The number of carbonyl (C=O) groups excluding carboxylic acids is 1. The van der Waals surface area contributed by atoms with Crippen LogP contribution >= 0.6 is 23.1 Å². The molecule has 0 fully saturated rings. The van der Waals surface area contributed by atoms with Crippen molar-refractivity contribution in [3.05, 3.63) is 48.0 Å². The minimum Gasteiger partial charge on any atom is -0.492 e. The molecule has 7 heteroatoms. The molecule has 0 unspecified atom stereocenters. The molecule has 0 saturated heterocycles. The highest BCUT2D eigenvalue weighted by molar-refractivity contribution is 7.98. The highest BCUT2D eigenvalue weighted by atomic mass is 32.2. The molecule has 0 saturated carbocycles. The highest BCUT2D eigenvalue weighted by Crippen LogP contribution is 2.34. The highest BCUT2D eigenvalue weighted by Gasteiger charge is 2.23. The molecule has 0 radical (unpaired) electrons. The Morgan fingerprint density at radius 3 is 2.61 bits per heavy atom. The lowest BCUT2D eigenvalue weighted by Crippen LogP contribution is -3.06. The summed E-state index contributed by atoms with van der Waals surface area (Å²) in [6, 6.07) is 13.7. The van der Waals surface area contributed by atoms with Gasteiger partial charge in [0.25, 0.3) is 5.91 Å². The monoisotopic (exact) mass is 416 g/mol. The van der Waals surface area contributed by atoms with E-state index in [1.807, 2.05) is 55.6 Å². The summed E-state index contributed by atoms with van der Waals surface area (Å²) in [5.74, 6) is 0.739. The van der Waals surface area contributed by atoms with Gasteiger partial charge >= 0.3 is 0 Å². The number of thiazole rings is 1. The third kappa shape index (κ3) is 4.66. The minimum absolute atomic E-state index is 0.0223. The number of hydrogen-bond donors (Lipinski definition) is 1. The largest absolute Gasteiger partial charge is 0.492 e. The normalized spacial score (nSPS) is 11.2. The lowest BCUT2D eigenvalue weighted by atomic mass is 10.2. The smallest absolute Gasteiger partial charge is 0.260 e. The Labute approximate surface area is 174 Å². The van der Waals surface area contributed by atoms with E-state index in [9.17, 15) is 4.79 Å². The predicted molar refractivity (Wildman–Crippen MR) is 118 cm³/mol. The number of fused-ring (bicyclic) bond motifs is 1. The van der Waals surface area contributed by atoms with Gasteiger partial charge in [0.05, 0.1) is 38.5 Å². The van der Waals surface area contributed by atoms with Crippen LogP contribution in [0.4, 0.5) is 5.13 Å². The third-order valence-corrected chi connectivity index (χ3v) is 6.11. The average molecular weight is 417 g/mol. The molecule has 1 heterocycles. The summed E-state index contributed by atoms with van der Waals surface area (Å²) in [7, 11) is 4.17. The maximum absolute atomic E-state index is 13.3. The summed E-state index contributed by atoms with van der Waals surface area (Å²) in [5, 5.41) is 0.711. The van der Waals surface area contributed by atoms with E-state index in [2.05, 4.69) is 14.1 Å². The minimum atomic E-state index is -0.0223. The molecule has 0 bridgehead atoms. The SMILES string of the molecule is CCOc1cccc2sc(N(CC[NH+](C)C)C(=O)c3ccc(SC)cc3)nc12. The Balaban J connectivity index is 1.98. The Hall–Kier alpha value is -2.09. The number of carbonyl (C=O) groups is 1. The van der Waals surface area contributed by atoms with Crippen LogP contribution in [0.25, 0.3) is 10.2 Å². The standard InChI is InChI=1S/C21H25N3O2S2/c1-5-26-17-7-6-8-18-19(17)22-21(28-18)24(14-13-23(2)3)20(25)15-9-11-16(27-4)12-10-15/h6-12H,5,13-14H2,1-4H3/p+1. The second-order valence-corrected chi connectivity index (χ2v) is 8.56. The van der Waals surface area contributed by atoms with Crippen LogP contribution in [0.5, 0.6) is 5.75 Å². The van der Waals surface area contributed by atoms with Crippen molar-refractivity contribution < 1.29 is 14.4 Å². The lowest BCUT2D eigenvalue weighted by Gasteiger charge is -2.20. The van der Waals surface area contributed by atoms with E-state index in [0.717, 1.165) is 27.4 Å². The van der Waals surface area contributed by atoms with Gasteiger partial charge in [-0.2, -0.15) is 0 Å². The predicted octanol–water partition coefficient (Wildman–Crippen LogP) is 3.21. The quantitative estimate of drug-likeness (QED) is 0.573. The van der Waals surface area contributed by atoms with Crippen molar-refractivity contribution in [3.8, 4) is 5.75 Å². The molecule has 0 aliphatic carbocycles. The fourth-order valence-electron chi connectivity index (χ4n) is 2.81. The number of rotatable bonds is 8. The van der Waals surface area contributed by atoms with E-state index < -0.39 is 0 Å². The number of ether oxygens (including phenoxy) is 1. The molecule has 3 rings (SSSR count). The number of para-hydroxylation sites is 1. The molecule has 28 heavy (non-hydrogen) atoms. The summed E-state index contributed by atoms with van der Waals surface area (Å²) in [6.07, 6.45) is 2.03.